The minimum Gasteiger partial charge on any atom is -0.486 e. The zero-order valence-corrected chi connectivity index (χ0v) is 13.9. The summed E-state index contributed by atoms with van der Waals surface area (Å²) in [6, 6.07) is 10.1. The van der Waals surface area contributed by atoms with E-state index in [-0.39, 0.29) is 5.54 Å². The third kappa shape index (κ3) is 5.48. The van der Waals surface area contributed by atoms with E-state index in [1.165, 1.54) is 4.90 Å². The molecule has 0 atom stereocenters. The van der Waals surface area contributed by atoms with Crippen molar-refractivity contribution in [1.82, 2.24) is 5.32 Å². The van der Waals surface area contributed by atoms with Gasteiger partial charge in [0.2, 0.25) is 0 Å². The second-order valence-electron chi connectivity index (χ2n) is 5.99. The highest BCUT2D eigenvalue weighted by Gasteiger charge is 2.10. The van der Waals surface area contributed by atoms with Gasteiger partial charge in [0.1, 0.15) is 18.1 Å². The Hall–Kier alpha value is -1.39. The van der Waals surface area contributed by atoms with E-state index >= 15 is 0 Å². The molecular weight excluding hydrogens is 282 g/mol. The number of hydrogen-bond donors (Lipinski definition) is 1. The Morgan fingerprint density at radius 3 is 2.52 bits per heavy atom. The zero-order valence-electron chi connectivity index (χ0n) is 13.1. The Morgan fingerprint density at radius 1 is 1.19 bits per heavy atom. The summed E-state index contributed by atoms with van der Waals surface area (Å²) >= 11 is 1.72. The van der Waals surface area contributed by atoms with E-state index in [4.69, 9.17) is 9.15 Å². The lowest BCUT2D eigenvalue weighted by molar-refractivity contribution is 0.270. The molecule has 1 N–H and O–H groups in total. The Bertz CT molecular complexity index is 555. The molecule has 0 radical (unpaired) electrons. The van der Waals surface area contributed by atoms with Crippen LogP contribution in [0, 0.1) is 0 Å². The average Bonchev–Trinajstić information content (AvgIpc) is 2.91. The van der Waals surface area contributed by atoms with Gasteiger partial charge in [-0.3, -0.25) is 0 Å². The van der Waals surface area contributed by atoms with Crippen molar-refractivity contribution in [1.29, 1.82) is 0 Å². The number of thioether (sulfide) groups is 1. The maximum absolute atomic E-state index is 5.73. The first-order valence-corrected chi connectivity index (χ1v) is 8.27. The zero-order chi connectivity index (χ0) is 15.3. The van der Waals surface area contributed by atoms with Gasteiger partial charge in [0, 0.05) is 22.5 Å². The van der Waals surface area contributed by atoms with Crippen LogP contribution in [0.3, 0.4) is 0 Å². The van der Waals surface area contributed by atoms with E-state index in [9.17, 15) is 0 Å². The lowest BCUT2D eigenvalue weighted by Crippen LogP contribution is -2.34. The summed E-state index contributed by atoms with van der Waals surface area (Å²) in [6.07, 6.45) is 3.85. The molecular formula is C17H23NO2S. The SMILES string of the molecule is CSc1ccc(OCc2cc(CNC(C)(C)C)co2)cc1. The van der Waals surface area contributed by atoms with E-state index < -0.39 is 0 Å². The normalized spacial score (nSPS) is 11.6. The fourth-order valence-corrected chi connectivity index (χ4v) is 2.20. The minimum absolute atomic E-state index is 0.104. The molecule has 0 aliphatic rings. The summed E-state index contributed by atoms with van der Waals surface area (Å²) in [5.74, 6) is 1.70. The fraction of sp³-hybridized carbons (Fsp3) is 0.412. The molecule has 0 amide bonds. The topological polar surface area (TPSA) is 34.4 Å². The first kappa shape index (κ1) is 16.0. The van der Waals surface area contributed by atoms with Crippen molar-refractivity contribution in [3.63, 3.8) is 0 Å². The van der Waals surface area contributed by atoms with Crippen LogP contribution in [0.5, 0.6) is 5.75 Å². The molecule has 21 heavy (non-hydrogen) atoms. The summed E-state index contributed by atoms with van der Waals surface area (Å²) < 4.78 is 11.3. The maximum atomic E-state index is 5.73. The Kier molecular flexibility index (Phi) is 5.37. The Balaban J connectivity index is 1.84. The van der Waals surface area contributed by atoms with E-state index in [0.717, 1.165) is 23.6 Å². The summed E-state index contributed by atoms with van der Waals surface area (Å²) in [5, 5.41) is 3.43. The molecule has 0 bridgehead atoms. The van der Waals surface area contributed by atoms with Crippen LogP contribution in [0.2, 0.25) is 0 Å². The second-order valence-corrected chi connectivity index (χ2v) is 6.87. The van der Waals surface area contributed by atoms with Gasteiger partial charge in [0.15, 0.2) is 0 Å². The fourth-order valence-electron chi connectivity index (χ4n) is 1.79. The molecule has 1 aromatic heterocycles. The van der Waals surface area contributed by atoms with Crippen molar-refractivity contribution in [2.45, 2.75) is 44.4 Å². The van der Waals surface area contributed by atoms with Crippen LogP contribution in [0.25, 0.3) is 0 Å². The molecule has 1 heterocycles. The van der Waals surface area contributed by atoms with Crippen LogP contribution in [-0.4, -0.2) is 11.8 Å². The number of hydrogen-bond acceptors (Lipinski definition) is 4. The summed E-state index contributed by atoms with van der Waals surface area (Å²) in [7, 11) is 0. The highest BCUT2D eigenvalue weighted by molar-refractivity contribution is 7.98. The molecule has 114 valence electrons. The van der Waals surface area contributed by atoms with Crippen LogP contribution < -0.4 is 10.1 Å². The number of benzene rings is 1. The Morgan fingerprint density at radius 2 is 1.90 bits per heavy atom. The molecule has 0 unspecified atom stereocenters. The molecule has 2 rings (SSSR count). The first-order valence-electron chi connectivity index (χ1n) is 7.04. The van der Waals surface area contributed by atoms with Crippen molar-refractivity contribution in [2.24, 2.45) is 0 Å². The second kappa shape index (κ2) is 7.05. The van der Waals surface area contributed by atoms with E-state index in [2.05, 4.69) is 44.5 Å². The Labute approximate surface area is 131 Å². The van der Waals surface area contributed by atoms with Gasteiger partial charge in [-0.15, -0.1) is 11.8 Å². The van der Waals surface area contributed by atoms with Gasteiger partial charge in [-0.25, -0.2) is 0 Å². The third-order valence-electron chi connectivity index (χ3n) is 2.97. The van der Waals surface area contributed by atoms with Gasteiger partial charge in [-0.1, -0.05) is 0 Å². The van der Waals surface area contributed by atoms with Gasteiger partial charge in [0.25, 0.3) is 0 Å². The van der Waals surface area contributed by atoms with E-state index in [0.29, 0.717) is 6.61 Å². The predicted octanol–water partition coefficient (Wildman–Crippen LogP) is 4.47. The minimum atomic E-state index is 0.104. The van der Waals surface area contributed by atoms with E-state index in [1.54, 1.807) is 18.0 Å². The smallest absolute Gasteiger partial charge is 0.146 e. The molecule has 0 saturated carbocycles. The number of ether oxygens (including phenoxy) is 1. The van der Waals surface area contributed by atoms with Gasteiger partial charge in [0.05, 0.1) is 6.26 Å². The third-order valence-corrected chi connectivity index (χ3v) is 3.71. The van der Waals surface area contributed by atoms with Crippen molar-refractivity contribution in [3.05, 3.63) is 47.9 Å². The van der Waals surface area contributed by atoms with Crippen LogP contribution in [-0.2, 0) is 13.2 Å². The number of furan rings is 1. The first-order chi connectivity index (χ1) is 9.96. The predicted molar refractivity (Wildman–Crippen MR) is 87.9 cm³/mol. The van der Waals surface area contributed by atoms with Crippen LogP contribution in [0.4, 0.5) is 0 Å². The number of rotatable bonds is 6. The highest BCUT2D eigenvalue weighted by atomic mass is 32.2. The summed E-state index contributed by atoms with van der Waals surface area (Å²) in [4.78, 5) is 1.23. The molecule has 2 aromatic rings. The van der Waals surface area contributed by atoms with Crippen molar-refractivity contribution in [3.8, 4) is 5.75 Å². The summed E-state index contributed by atoms with van der Waals surface area (Å²) in [5.41, 5.74) is 1.24. The number of nitrogens with one attached hydrogen (secondary N) is 1. The lowest BCUT2D eigenvalue weighted by Gasteiger charge is -2.19. The molecule has 4 heteroatoms. The largest absolute Gasteiger partial charge is 0.486 e. The highest BCUT2D eigenvalue weighted by Crippen LogP contribution is 2.20. The van der Waals surface area contributed by atoms with Crippen LogP contribution >= 0.6 is 11.8 Å². The molecule has 0 saturated heterocycles. The molecule has 0 spiro atoms. The van der Waals surface area contributed by atoms with Crippen molar-refractivity contribution in [2.75, 3.05) is 6.26 Å². The van der Waals surface area contributed by atoms with Gasteiger partial charge in [-0.05, 0) is 57.4 Å². The van der Waals surface area contributed by atoms with E-state index in [1.807, 2.05) is 18.2 Å². The lowest BCUT2D eigenvalue weighted by atomic mass is 10.1. The van der Waals surface area contributed by atoms with Crippen LogP contribution in [0.1, 0.15) is 32.1 Å². The standard InChI is InChI=1S/C17H23NO2S/c1-17(2,3)18-10-13-9-15(19-11-13)12-20-14-5-7-16(21-4)8-6-14/h5-9,11,18H,10,12H2,1-4H3. The average molecular weight is 305 g/mol. The van der Waals surface area contributed by atoms with Gasteiger partial charge >= 0.3 is 0 Å². The van der Waals surface area contributed by atoms with Crippen molar-refractivity contribution >= 4 is 11.8 Å². The van der Waals surface area contributed by atoms with Crippen LogP contribution in [0.15, 0.2) is 45.9 Å². The molecule has 1 aromatic carbocycles. The molecule has 0 aliphatic heterocycles. The van der Waals surface area contributed by atoms with Gasteiger partial charge < -0.3 is 14.5 Å². The quantitative estimate of drug-likeness (QED) is 0.799. The van der Waals surface area contributed by atoms with Gasteiger partial charge in [-0.2, -0.15) is 0 Å². The molecule has 0 fully saturated rings. The maximum Gasteiger partial charge on any atom is 0.146 e. The van der Waals surface area contributed by atoms with Crippen molar-refractivity contribution < 1.29 is 9.15 Å². The monoisotopic (exact) mass is 305 g/mol. The molecule has 3 nitrogen and oxygen atoms in total. The summed E-state index contributed by atoms with van der Waals surface area (Å²) in [6.45, 7) is 7.70. The molecule has 0 aliphatic carbocycles.